The van der Waals surface area contributed by atoms with E-state index in [1.165, 1.54) is 45.9 Å². The Morgan fingerprint density at radius 2 is 2.16 bits per heavy atom. The fourth-order valence-corrected chi connectivity index (χ4v) is 2.86. The van der Waals surface area contributed by atoms with Crippen LogP contribution in [-0.4, -0.2) is 50.2 Å². The number of likely N-dealkylation sites (N-methyl/N-ethyl adjacent to an activating group) is 1. The maximum absolute atomic E-state index is 11.6. The van der Waals surface area contributed by atoms with Gasteiger partial charge in [0.2, 0.25) is 0 Å². The highest BCUT2D eigenvalue weighted by Crippen LogP contribution is 2.20. The highest BCUT2D eigenvalue weighted by Gasteiger charge is 2.20. The van der Waals surface area contributed by atoms with Gasteiger partial charge in [0.25, 0.3) is 0 Å². The molecular weight excluding hydrogens is 240 g/mol. The zero-order valence-electron chi connectivity index (χ0n) is 12.8. The molecule has 0 bridgehead atoms. The molecular formula is C15H30N2O2. The van der Waals surface area contributed by atoms with Crippen LogP contribution in [0.25, 0.3) is 0 Å². The first-order valence-electron chi connectivity index (χ1n) is 7.74. The molecule has 0 amide bonds. The summed E-state index contributed by atoms with van der Waals surface area (Å²) < 4.78 is 4.84. The largest absolute Gasteiger partial charge is 0.468 e. The first-order valence-corrected chi connectivity index (χ1v) is 7.74. The van der Waals surface area contributed by atoms with Crippen LogP contribution in [0.4, 0.5) is 0 Å². The third-order valence-corrected chi connectivity index (χ3v) is 4.19. The summed E-state index contributed by atoms with van der Waals surface area (Å²) >= 11 is 0. The SMILES string of the molecule is CCNC(CCN1CCCC(CC)CC1)C(=O)OC. The van der Waals surface area contributed by atoms with Gasteiger partial charge in [-0.05, 0) is 51.2 Å². The lowest BCUT2D eigenvalue weighted by Crippen LogP contribution is -2.40. The molecule has 0 aromatic rings. The summed E-state index contributed by atoms with van der Waals surface area (Å²) in [5.41, 5.74) is 0. The van der Waals surface area contributed by atoms with Gasteiger partial charge in [-0.2, -0.15) is 0 Å². The number of nitrogens with zero attached hydrogens (tertiary/aromatic N) is 1. The van der Waals surface area contributed by atoms with Crippen molar-refractivity contribution in [3.8, 4) is 0 Å². The van der Waals surface area contributed by atoms with Crippen molar-refractivity contribution in [1.29, 1.82) is 0 Å². The van der Waals surface area contributed by atoms with Crippen molar-refractivity contribution in [2.45, 2.75) is 52.0 Å². The van der Waals surface area contributed by atoms with Gasteiger partial charge in [0, 0.05) is 6.54 Å². The molecule has 4 nitrogen and oxygen atoms in total. The van der Waals surface area contributed by atoms with Gasteiger partial charge >= 0.3 is 5.97 Å². The number of nitrogens with one attached hydrogen (secondary N) is 1. The van der Waals surface area contributed by atoms with Crippen LogP contribution in [0.2, 0.25) is 0 Å². The first-order chi connectivity index (χ1) is 9.21. The third-order valence-electron chi connectivity index (χ3n) is 4.19. The lowest BCUT2D eigenvalue weighted by molar-refractivity contribution is -0.143. The van der Waals surface area contributed by atoms with Crippen LogP contribution < -0.4 is 5.32 Å². The summed E-state index contributed by atoms with van der Waals surface area (Å²) in [5.74, 6) is 0.762. The fraction of sp³-hybridized carbons (Fsp3) is 0.933. The molecule has 0 aliphatic carbocycles. The van der Waals surface area contributed by atoms with E-state index in [1.807, 2.05) is 6.92 Å². The number of carbonyl (C=O) groups excluding carboxylic acids is 1. The Bertz CT molecular complexity index is 259. The van der Waals surface area contributed by atoms with Crippen LogP contribution in [0.1, 0.15) is 46.0 Å². The van der Waals surface area contributed by atoms with Crippen LogP contribution in [0.5, 0.6) is 0 Å². The molecule has 1 saturated heterocycles. The van der Waals surface area contributed by atoms with E-state index in [9.17, 15) is 4.79 Å². The van der Waals surface area contributed by atoms with Crippen molar-refractivity contribution in [2.24, 2.45) is 5.92 Å². The average molecular weight is 270 g/mol. The van der Waals surface area contributed by atoms with Crippen molar-refractivity contribution in [3.05, 3.63) is 0 Å². The molecule has 1 fully saturated rings. The molecule has 2 atom stereocenters. The molecule has 2 unspecified atom stereocenters. The minimum atomic E-state index is -0.153. The first kappa shape index (κ1) is 16.4. The van der Waals surface area contributed by atoms with Gasteiger partial charge in [0.1, 0.15) is 6.04 Å². The molecule has 19 heavy (non-hydrogen) atoms. The van der Waals surface area contributed by atoms with Crippen LogP contribution in [0.15, 0.2) is 0 Å². The third kappa shape index (κ3) is 5.91. The lowest BCUT2D eigenvalue weighted by atomic mass is 9.98. The molecule has 0 aromatic carbocycles. The van der Waals surface area contributed by atoms with Crippen LogP contribution in [0, 0.1) is 5.92 Å². The molecule has 112 valence electrons. The zero-order valence-corrected chi connectivity index (χ0v) is 12.8. The van der Waals surface area contributed by atoms with Crippen molar-refractivity contribution >= 4 is 5.97 Å². The van der Waals surface area contributed by atoms with Gasteiger partial charge < -0.3 is 15.0 Å². The highest BCUT2D eigenvalue weighted by atomic mass is 16.5. The van der Waals surface area contributed by atoms with Crippen molar-refractivity contribution in [1.82, 2.24) is 10.2 Å². The lowest BCUT2D eigenvalue weighted by Gasteiger charge is -2.23. The highest BCUT2D eigenvalue weighted by molar-refractivity contribution is 5.75. The van der Waals surface area contributed by atoms with Crippen molar-refractivity contribution in [3.63, 3.8) is 0 Å². The Kier molecular flexibility index (Phi) is 8.07. The molecule has 1 aliphatic heterocycles. The van der Waals surface area contributed by atoms with Crippen molar-refractivity contribution < 1.29 is 9.53 Å². The number of hydrogen-bond acceptors (Lipinski definition) is 4. The van der Waals surface area contributed by atoms with Gasteiger partial charge in [0.05, 0.1) is 7.11 Å². The molecule has 1 rings (SSSR count). The minimum Gasteiger partial charge on any atom is -0.468 e. The van der Waals surface area contributed by atoms with Crippen molar-refractivity contribution in [2.75, 3.05) is 33.3 Å². The van der Waals surface area contributed by atoms with Gasteiger partial charge in [-0.1, -0.05) is 20.3 Å². The van der Waals surface area contributed by atoms with E-state index in [2.05, 4.69) is 17.1 Å². The number of carbonyl (C=O) groups is 1. The number of likely N-dealkylation sites (tertiary alicyclic amines) is 1. The van der Waals surface area contributed by atoms with Gasteiger partial charge in [-0.25, -0.2) is 0 Å². The summed E-state index contributed by atoms with van der Waals surface area (Å²) in [4.78, 5) is 14.1. The second kappa shape index (κ2) is 9.32. The monoisotopic (exact) mass is 270 g/mol. The maximum atomic E-state index is 11.6. The Labute approximate surface area is 117 Å². The zero-order chi connectivity index (χ0) is 14.1. The van der Waals surface area contributed by atoms with Crippen LogP contribution >= 0.6 is 0 Å². The summed E-state index contributed by atoms with van der Waals surface area (Å²) in [6, 6.07) is -0.153. The van der Waals surface area contributed by atoms with E-state index in [0.29, 0.717) is 0 Å². The Hall–Kier alpha value is -0.610. The summed E-state index contributed by atoms with van der Waals surface area (Å²) in [6.07, 6.45) is 6.11. The quantitative estimate of drug-likeness (QED) is 0.719. The number of hydrogen-bond donors (Lipinski definition) is 1. The molecule has 0 radical (unpaired) electrons. The molecule has 1 aliphatic rings. The molecule has 0 spiro atoms. The van der Waals surface area contributed by atoms with Gasteiger partial charge in [-0.3, -0.25) is 4.79 Å². The smallest absolute Gasteiger partial charge is 0.322 e. The molecule has 1 heterocycles. The number of ether oxygens (including phenoxy) is 1. The number of rotatable bonds is 7. The van der Waals surface area contributed by atoms with Crippen LogP contribution in [0.3, 0.4) is 0 Å². The average Bonchev–Trinajstić information content (AvgIpc) is 2.67. The van der Waals surface area contributed by atoms with Gasteiger partial charge in [0.15, 0.2) is 0 Å². The fourth-order valence-electron chi connectivity index (χ4n) is 2.86. The second-order valence-corrected chi connectivity index (χ2v) is 5.47. The van der Waals surface area contributed by atoms with E-state index >= 15 is 0 Å². The Morgan fingerprint density at radius 3 is 2.79 bits per heavy atom. The number of esters is 1. The standard InChI is InChI=1S/C15H30N2O2/c1-4-13-7-6-10-17(11-8-13)12-9-14(16-5-2)15(18)19-3/h13-14,16H,4-12H2,1-3H3. The Balaban J connectivity index is 2.34. The predicted octanol–water partition coefficient (Wildman–Crippen LogP) is 2.04. The summed E-state index contributed by atoms with van der Waals surface area (Å²) in [5, 5.41) is 3.21. The molecule has 1 N–H and O–H groups in total. The number of methoxy groups -OCH3 is 1. The van der Waals surface area contributed by atoms with E-state index in [1.54, 1.807) is 0 Å². The maximum Gasteiger partial charge on any atom is 0.322 e. The summed E-state index contributed by atoms with van der Waals surface area (Å²) in [7, 11) is 1.46. The van der Waals surface area contributed by atoms with Gasteiger partial charge in [-0.15, -0.1) is 0 Å². The van der Waals surface area contributed by atoms with E-state index in [0.717, 1.165) is 25.4 Å². The summed E-state index contributed by atoms with van der Waals surface area (Å²) in [6.45, 7) is 8.46. The second-order valence-electron chi connectivity index (χ2n) is 5.47. The topological polar surface area (TPSA) is 41.6 Å². The van der Waals surface area contributed by atoms with Crippen LogP contribution in [-0.2, 0) is 9.53 Å². The van der Waals surface area contributed by atoms with E-state index in [4.69, 9.17) is 4.74 Å². The minimum absolute atomic E-state index is 0.136. The Morgan fingerprint density at radius 1 is 1.37 bits per heavy atom. The predicted molar refractivity (Wildman–Crippen MR) is 78.2 cm³/mol. The molecule has 0 saturated carbocycles. The molecule has 4 heteroatoms. The van der Waals surface area contributed by atoms with E-state index < -0.39 is 0 Å². The van der Waals surface area contributed by atoms with E-state index in [-0.39, 0.29) is 12.0 Å². The normalized spacial score (nSPS) is 22.8. The molecule has 0 aromatic heterocycles.